The Morgan fingerprint density at radius 3 is 2.64 bits per heavy atom. The molecule has 2 aliphatic carbocycles. The van der Waals surface area contributed by atoms with E-state index in [9.17, 15) is 0 Å². The van der Waals surface area contributed by atoms with Gasteiger partial charge in [-0.3, -0.25) is 0 Å². The molecule has 0 radical (unpaired) electrons. The summed E-state index contributed by atoms with van der Waals surface area (Å²) in [5.41, 5.74) is 0.802. The minimum atomic E-state index is 0.802. The lowest BCUT2D eigenvalue weighted by Crippen LogP contribution is -2.45. The Balaban J connectivity index is 1.64. The van der Waals surface area contributed by atoms with Crippen LogP contribution in [0.4, 0.5) is 0 Å². The fourth-order valence-corrected chi connectivity index (χ4v) is 2.29. The van der Waals surface area contributed by atoms with Gasteiger partial charge in [0, 0.05) is 6.04 Å². The molecule has 11 heavy (non-hydrogen) atoms. The second-order valence-electron chi connectivity index (χ2n) is 3.98. The van der Waals surface area contributed by atoms with Crippen molar-refractivity contribution in [2.24, 2.45) is 5.41 Å². The van der Waals surface area contributed by atoms with Crippen molar-refractivity contribution in [3.8, 4) is 0 Å². The van der Waals surface area contributed by atoms with Gasteiger partial charge >= 0.3 is 0 Å². The highest BCUT2D eigenvalue weighted by Crippen LogP contribution is 2.60. The van der Waals surface area contributed by atoms with E-state index in [4.69, 9.17) is 0 Å². The SMILES string of the molecule is SCCCN[C@H]1CCC12CC2. The molecule has 0 aromatic carbocycles. The van der Waals surface area contributed by atoms with Crippen molar-refractivity contribution in [3.05, 3.63) is 0 Å². The van der Waals surface area contributed by atoms with Gasteiger partial charge in [-0.2, -0.15) is 12.6 Å². The molecular weight excluding hydrogens is 154 g/mol. The predicted octanol–water partition coefficient (Wildman–Crippen LogP) is 1.84. The standard InChI is InChI=1S/C9H17NS/c11-7-1-6-10-8-2-3-9(8)4-5-9/h8,10-11H,1-7H2/t8-/m0/s1. The third-order valence-electron chi connectivity index (χ3n) is 3.29. The molecule has 1 atom stereocenters. The number of hydrogen-bond acceptors (Lipinski definition) is 2. The highest BCUT2D eigenvalue weighted by molar-refractivity contribution is 7.80. The zero-order chi connectivity index (χ0) is 7.73. The summed E-state index contributed by atoms with van der Waals surface area (Å²) >= 11 is 4.19. The van der Waals surface area contributed by atoms with Crippen molar-refractivity contribution in [3.63, 3.8) is 0 Å². The first-order valence-electron chi connectivity index (χ1n) is 4.72. The summed E-state index contributed by atoms with van der Waals surface area (Å²) in [5.74, 6) is 1.02. The van der Waals surface area contributed by atoms with Gasteiger partial charge < -0.3 is 5.32 Å². The monoisotopic (exact) mass is 171 g/mol. The smallest absolute Gasteiger partial charge is 0.0124 e. The maximum Gasteiger partial charge on any atom is 0.0124 e. The lowest BCUT2D eigenvalue weighted by molar-refractivity contribution is 0.185. The molecule has 0 saturated heterocycles. The fourth-order valence-electron chi connectivity index (χ4n) is 2.13. The summed E-state index contributed by atoms with van der Waals surface area (Å²) in [7, 11) is 0. The third-order valence-corrected chi connectivity index (χ3v) is 3.60. The van der Waals surface area contributed by atoms with E-state index in [-0.39, 0.29) is 0 Å². The van der Waals surface area contributed by atoms with Crippen LogP contribution in [0.2, 0.25) is 0 Å². The van der Waals surface area contributed by atoms with E-state index < -0.39 is 0 Å². The molecule has 0 aromatic heterocycles. The van der Waals surface area contributed by atoms with E-state index in [0.717, 1.165) is 17.2 Å². The highest BCUT2D eigenvalue weighted by atomic mass is 32.1. The molecule has 2 fully saturated rings. The van der Waals surface area contributed by atoms with Crippen LogP contribution in [-0.4, -0.2) is 18.3 Å². The van der Waals surface area contributed by atoms with Crippen LogP contribution in [0, 0.1) is 5.41 Å². The molecule has 64 valence electrons. The Hall–Kier alpha value is 0.310. The van der Waals surface area contributed by atoms with Gasteiger partial charge in [0.25, 0.3) is 0 Å². The Morgan fingerprint density at radius 1 is 1.36 bits per heavy atom. The zero-order valence-electron chi connectivity index (χ0n) is 6.97. The van der Waals surface area contributed by atoms with Crippen LogP contribution >= 0.6 is 12.6 Å². The van der Waals surface area contributed by atoms with Crippen LogP contribution in [0.15, 0.2) is 0 Å². The molecule has 0 bridgehead atoms. The van der Waals surface area contributed by atoms with Crippen molar-refractivity contribution in [2.45, 2.75) is 38.1 Å². The zero-order valence-corrected chi connectivity index (χ0v) is 7.87. The molecule has 1 N–H and O–H groups in total. The normalized spacial score (nSPS) is 31.9. The van der Waals surface area contributed by atoms with Gasteiger partial charge in [-0.15, -0.1) is 0 Å². The van der Waals surface area contributed by atoms with E-state index >= 15 is 0 Å². The molecule has 0 aliphatic heterocycles. The van der Waals surface area contributed by atoms with Crippen LogP contribution in [0.1, 0.15) is 32.1 Å². The van der Waals surface area contributed by atoms with Crippen LogP contribution < -0.4 is 5.32 Å². The first-order chi connectivity index (χ1) is 5.37. The Bertz CT molecular complexity index is 142. The van der Waals surface area contributed by atoms with Crippen LogP contribution in [0.3, 0.4) is 0 Å². The Labute approximate surface area is 74.4 Å². The summed E-state index contributed by atoms with van der Waals surface area (Å²) in [6.07, 6.45) is 7.12. The van der Waals surface area contributed by atoms with Crippen LogP contribution in [-0.2, 0) is 0 Å². The topological polar surface area (TPSA) is 12.0 Å². The van der Waals surface area contributed by atoms with Gasteiger partial charge in [0.1, 0.15) is 0 Å². The molecular formula is C9H17NS. The van der Waals surface area contributed by atoms with Gasteiger partial charge in [-0.05, 0) is 49.8 Å². The summed E-state index contributed by atoms with van der Waals surface area (Å²) in [6, 6.07) is 0.877. The van der Waals surface area contributed by atoms with Gasteiger partial charge in [-0.1, -0.05) is 0 Å². The molecule has 2 heteroatoms. The maximum absolute atomic E-state index is 4.19. The second-order valence-corrected chi connectivity index (χ2v) is 4.43. The lowest BCUT2D eigenvalue weighted by atomic mass is 9.76. The van der Waals surface area contributed by atoms with E-state index in [1.807, 2.05) is 0 Å². The average molecular weight is 171 g/mol. The molecule has 0 unspecified atom stereocenters. The first-order valence-corrected chi connectivity index (χ1v) is 5.35. The van der Waals surface area contributed by atoms with E-state index in [1.165, 1.54) is 38.6 Å². The number of rotatable bonds is 4. The van der Waals surface area contributed by atoms with Gasteiger partial charge in [0.2, 0.25) is 0 Å². The molecule has 1 spiro atoms. The Morgan fingerprint density at radius 2 is 2.18 bits per heavy atom. The predicted molar refractivity (Wildman–Crippen MR) is 51.2 cm³/mol. The average Bonchev–Trinajstić information content (AvgIpc) is 2.76. The lowest BCUT2D eigenvalue weighted by Gasteiger charge is -2.38. The molecule has 0 aromatic rings. The molecule has 0 heterocycles. The molecule has 2 rings (SSSR count). The van der Waals surface area contributed by atoms with E-state index in [2.05, 4.69) is 17.9 Å². The van der Waals surface area contributed by atoms with Gasteiger partial charge in [0.05, 0.1) is 0 Å². The maximum atomic E-state index is 4.19. The molecule has 1 nitrogen and oxygen atoms in total. The highest BCUT2D eigenvalue weighted by Gasteiger charge is 2.54. The minimum absolute atomic E-state index is 0.802. The summed E-state index contributed by atoms with van der Waals surface area (Å²) in [5, 5.41) is 3.62. The Kier molecular flexibility index (Phi) is 2.15. The van der Waals surface area contributed by atoms with Gasteiger partial charge in [0.15, 0.2) is 0 Å². The molecule has 2 saturated carbocycles. The number of nitrogens with one attached hydrogen (secondary N) is 1. The van der Waals surface area contributed by atoms with Gasteiger partial charge in [-0.25, -0.2) is 0 Å². The van der Waals surface area contributed by atoms with E-state index in [0.29, 0.717) is 0 Å². The van der Waals surface area contributed by atoms with Crippen molar-refractivity contribution in [1.82, 2.24) is 5.32 Å². The van der Waals surface area contributed by atoms with Crippen molar-refractivity contribution in [1.29, 1.82) is 0 Å². The molecule has 2 aliphatic rings. The van der Waals surface area contributed by atoms with Crippen molar-refractivity contribution >= 4 is 12.6 Å². The first kappa shape index (κ1) is 7.93. The van der Waals surface area contributed by atoms with Crippen molar-refractivity contribution < 1.29 is 0 Å². The summed E-state index contributed by atoms with van der Waals surface area (Å²) < 4.78 is 0. The summed E-state index contributed by atoms with van der Waals surface area (Å²) in [6.45, 7) is 1.18. The van der Waals surface area contributed by atoms with Crippen molar-refractivity contribution in [2.75, 3.05) is 12.3 Å². The van der Waals surface area contributed by atoms with E-state index in [1.54, 1.807) is 0 Å². The third kappa shape index (κ3) is 1.43. The van der Waals surface area contributed by atoms with Crippen LogP contribution in [0.25, 0.3) is 0 Å². The summed E-state index contributed by atoms with van der Waals surface area (Å²) in [4.78, 5) is 0. The second kappa shape index (κ2) is 2.98. The molecule has 0 amide bonds. The number of hydrogen-bond donors (Lipinski definition) is 2. The quantitative estimate of drug-likeness (QED) is 0.486. The largest absolute Gasteiger partial charge is 0.313 e. The number of thiol groups is 1. The fraction of sp³-hybridized carbons (Fsp3) is 1.00. The van der Waals surface area contributed by atoms with Crippen LogP contribution in [0.5, 0.6) is 0 Å². The minimum Gasteiger partial charge on any atom is -0.313 e.